The molecule has 0 saturated carbocycles. The van der Waals surface area contributed by atoms with E-state index in [1.54, 1.807) is 0 Å². The van der Waals surface area contributed by atoms with E-state index in [1.165, 1.54) is 0 Å². The predicted octanol–water partition coefficient (Wildman–Crippen LogP) is 1.03. The van der Waals surface area contributed by atoms with Crippen LogP contribution in [-0.4, -0.2) is 34.5 Å². The second-order valence-electron chi connectivity index (χ2n) is 4.10. The molecule has 0 spiro atoms. The molecular formula is C13H17N3O2. The zero-order chi connectivity index (χ0) is 13.0. The molecule has 5 nitrogen and oxygen atoms in total. The number of anilines is 2. The molecule has 0 aliphatic rings. The normalized spacial score (nSPS) is 12.3. The Labute approximate surface area is 105 Å². The average Bonchev–Trinajstić information content (AvgIpc) is 2.91. The summed E-state index contributed by atoms with van der Waals surface area (Å²) in [6.45, 7) is 0.0377. The SMILES string of the molecule is Nc1ccc(NCC(O)CO)cc1-c1ccc[nH]1. The monoisotopic (exact) mass is 247 g/mol. The maximum Gasteiger partial charge on any atom is 0.0942 e. The second kappa shape index (κ2) is 5.57. The third kappa shape index (κ3) is 2.82. The molecule has 96 valence electrons. The molecule has 2 aromatic rings. The van der Waals surface area contributed by atoms with Crippen LogP contribution in [0.4, 0.5) is 11.4 Å². The van der Waals surface area contributed by atoms with Gasteiger partial charge in [-0.3, -0.25) is 0 Å². The lowest BCUT2D eigenvalue weighted by Crippen LogP contribution is -2.22. The Hall–Kier alpha value is -1.98. The fourth-order valence-corrected chi connectivity index (χ4v) is 1.70. The van der Waals surface area contributed by atoms with E-state index < -0.39 is 6.10 Å². The topological polar surface area (TPSA) is 94.3 Å². The van der Waals surface area contributed by atoms with Gasteiger partial charge in [0.2, 0.25) is 0 Å². The number of hydrogen-bond acceptors (Lipinski definition) is 4. The first-order chi connectivity index (χ1) is 8.70. The van der Waals surface area contributed by atoms with Gasteiger partial charge in [0.15, 0.2) is 0 Å². The number of nitrogens with one attached hydrogen (secondary N) is 2. The van der Waals surface area contributed by atoms with Crippen molar-refractivity contribution in [2.75, 3.05) is 24.2 Å². The highest BCUT2D eigenvalue weighted by molar-refractivity contribution is 5.77. The van der Waals surface area contributed by atoms with Gasteiger partial charge in [-0.15, -0.1) is 0 Å². The van der Waals surface area contributed by atoms with Crippen molar-refractivity contribution < 1.29 is 10.2 Å². The molecule has 1 aromatic carbocycles. The fraction of sp³-hybridized carbons (Fsp3) is 0.231. The molecule has 18 heavy (non-hydrogen) atoms. The molecule has 1 heterocycles. The molecule has 6 N–H and O–H groups in total. The Bertz CT molecular complexity index is 497. The van der Waals surface area contributed by atoms with Gasteiger partial charge in [0, 0.05) is 35.4 Å². The highest BCUT2D eigenvalue weighted by Gasteiger charge is 2.06. The van der Waals surface area contributed by atoms with Crippen LogP contribution in [0.2, 0.25) is 0 Å². The van der Waals surface area contributed by atoms with Gasteiger partial charge in [0.25, 0.3) is 0 Å². The first-order valence-electron chi connectivity index (χ1n) is 5.77. The van der Waals surface area contributed by atoms with E-state index >= 15 is 0 Å². The molecule has 0 fully saturated rings. The summed E-state index contributed by atoms with van der Waals surface area (Å²) in [4.78, 5) is 3.10. The zero-order valence-corrected chi connectivity index (χ0v) is 9.93. The fourth-order valence-electron chi connectivity index (χ4n) is 1.70. The van der Waals surface area contributed by atoms with Crippen molar-refractivity contribution in [3.8, 4) is 11.3 Å². The van der Waals surface area contributed by atoms with Crippen LogP contribution >= 0.6 is 0 Å². The smallest absolute Gasteiger partial charge is 0.0942 e. The summed E-state index contributed by atoms with van der Waals surface area (Å²) >= 11 is 0. The van der Waals surface area contributed by atoms with E-state index in [0.717, 1.165) is 16.9 Å². The highest BCUT2D eigenvalue weighted by atomic mass is 16.3. The van der Waals surface area contributed by atoms with Gasteiger partial charge in [0.1, 0.15) is 0 Å². The zero-order valence-electron chi connectivity index (χ0n) is 9.93. The number of nitrogens with two attached hydrogens (primary N) is 1. The van der Waals surface area contributed by atoms with Gasteiger partial charge < -0.3 is 26.2 Å². The third-order valence-electron chi connectivity index (χ3n) is 2.69. The Balaban J connectivity index is 2.17. The van der Waals surface area contributed by atoms with Crippen molar-refractivity contribution in [2.45, 2.75) is 6.10 Å². The summed E-state index contributed by atoms with van der Waals surface area (Å²) < 4.78 is 0. The number of hydrogen-bond donors (Lipinski definition) is 5. The van der Waals surface area contributed by atoms with E-state index in [2.05, 4.69) is 10.3 Å². The summed E-state index contributed by atoms with van der Waals surface area (Å²) in [5.74, 6) is 0. The molecular weight excluding hydrogens is 230 g/mol. The van der Waals surface area contributed by atoms with Crippen molar-refractivity contribution in [1.29, 1.82) is 0 Å². The molecule has 0 aliphatic carbocycles. The molecule has 1 aromatic heterocycles. The quantitative estimate of drug-likeness (QED) is 0.510. The number of H-pyrrole nitrogens is 1. The predicted molar refractivity (Wildman–Crippen MR) is 72.2 cm³/mol. The second-order valence-corrected chi connectivity index (χ2v) is 4.10. The summed E-state index contributed by atoms with van der Waals surface area (Å²) in [7, 11) is 0. The lowest BCUT2D eigenvalue weighted by atomic mass is 10.1. The number of aliphatic hydroxyl groups is 2. The molecule has 1 unspecified atom stereocenters. The first kappa shape index (κ1) is 12.5. The minimum Gasteiger partial charge on any atom is -0.398 e. The molecule has 0 saturated heterocycles. The molecule has 1 atom stereocenters. The summed E-state index contributed by atoms with van der Waals surface area (Å²) in [6, 6.07) is 9.41. The van der Waals surface area contributed by atoms with Crippen LogP contribution in [0.25, 0.3) is 11.3 Å². The maximum atomic E-state index is 9.28. The first-order valence-corrected chi connectivity index (χ1v) is 5.77. The summed E-state index contributed by atoms with van der Waals surface area (Å²) in [6.07, 6.45) is 1.07. The van der Waals surface area contributed by atoms with Gasteiger partial charge in [-0.1, -0.05) is 0 Å². The summed E-state index contributed by atoms with van der Waals surface area (Å²) in [5.41, 5.74) is 9.31. The van der Waals surface area contributed by atoms with E-state index in [1.807, 2.05) is 36.5 Å². The van der Waals surface area contributed by atoms with E-state index in [4.69, 9.17) is 10.8 Å². The minimum atomic E-state index is -0.767. The average molecular weight is 247 g/mol. The third-order valence-corrected chi connectivity index (χ3v) is 2.69. The van der Waals surface area contributed by atoms with Crippen molar-refractivity contribution in [3.05, 3.63) is 36.5 Å². The van der Waals surface area contributed by atoms with E-state index in [9.17, 15) is 5.11 Å². The van der Waals surface area contributed by atoms with Crippen LogP contribution < -0.4 is 11.1 Å². The van der Waals surface area contributed by atoms with Gasteiger partial charge in [0.05, 0.1) is 12.7 Å². The lowest BCUT2D eigenvalue weighted by molar-refractivity contribution is 0.105. The van der Waals surface area contributed by atoms with Crippen LogP contribution in [-0.2, 0) is 0 Å². The Kier molecular flexibility index (Phi) is 3.86. The van der Waals surface area contributed by atoms with Crippen LogP contribution in [0.3, 0.4) is 0 Å². The maximum absolute atomic E-state index is 9.28. The molecule has 5 heteroatoms. The lowest BCUT2D eigenvalue weighted by Gasteiger charge is -2.12. The van der Waals surface area contributed by atoms with Crippen LogP contribution in [0, 0.1) is 0 Å². The highest BCUT2D eigenvalue weighted by Crippen LogP contribution is 2.27. The molecule has 0 aliphatic heterocycles. The van der Waals surface area contributed by atoms with Crippen LogP contribution in [0.1, 0.15) is 0 Å². The van der Waals surface area contributed by atoms with Crippen LogP contribution in [0.5, 0.6) is 0 Å². The van der Waals surface area contributed by atoms with Crippen molar-refractivity contribution in [2.24, 2.45) is 0 Å². The Morgan fingerprint density at radius 3 is 2.83 bits per heavy atom. The van der Waals surface area contributed by atoms with Crippen molar-refractivity contribution >= 4 is 11.4 Å². The molecule has 0 bridgehead atoms. The summed E-state index contributed by atoms with van der Waals surface area (Å²) in [5, 5.41) is 21.1. The van der Waals surface area contributed by atoms with Gasteiger partial charge in [-0.05, 0) is 30.3 Å². The number of rotatable bonds is 5. The van der Waals surface area contributed by atoms with Crippen molar-refractivity contribution in [1.82, 2.24) is 4.98 Å². The number of aliphatic hydroxyl groups excluding tert-OH is 2. The largest absolute Gasteiger partial charge is 0.398 e. The van der Waals surface area contributed by atoms with Crippen molar-refractivity contribution in [3.63, 3.8) is 0 Å². The Morgan fingerprint density at radius 1 is 1.33 bits per heavy atom. The molecule has 2 rings (SSSR count). The van der Waals surface area contributed by atoms with Gasteiger partial charge in [-0.2, -0.15) is 0 Å². The van der Waals surface area contributed by atoms with Crippen LogP contribution in [0.15, 0.2) is 36.5 Å². The van der Waals surface area contributed by atoms with E-state index in [0.29, 0.717) is 12.2 Å². The number of benzene rings is 1. The number of nitrogen functional groups attached to an aromatic ring is 1. The van der Waals surface area contributed by atoms with Gasteiger partial charge in [-0.25, -0.2) is 0 Å². The van der Waals surface area contributed by atoms with E-state index in [-0.39, 0.29) is 6.61 Å². The van der Waals surface area contributed by atoms with Gasteiger partial charge >= 0.3 is 0 Å². The standard InChI is InChI=1S/C13H17N3O2/c14-12-4-3-9(16-7-10(18)8-17)6-11(12)13-2-1-5-15-13/h1-6,10,15-18H,7-8,14H2. The number of aromatic amines is 1. The Morgan fingerprint density at radius 2 is 2.17 bits per heavy atom. The molecule has 0 radical (unpaired) electrons. The minimum absolute atomic E-state index is 0.258. The number of aromatic nitrogens is 1. The molecule has 0 amide bonds.